The van der Waals surface area contributed by atoms with Crippen LogP contribution in [-0.2, 0) is 27.2 Å². The van der Waals surface area contributed by atoms with Crippen molar-refractivity contribution in [1.82, 2.24) is 5.32 Å². The molecule has 2 aliphatic carbocycles. The first kappa shape index (κ1) is 38.6. The number of hydrogen-bond acceptors (Lipinski definition) is 7. The van der Waals surface area contributed by atoms with Gasteiger partial charge in [0.15, 0.2) is 5.78 Å². The Labute approximate surface area is 303 Å². The second-order valence-electron chi connectivity index (χ2n) is 15.2. The SMILES string of the molecule is C=C1/C=C/C=C(\[C@H]2CC[C@@]3([C@H](CCCO)/C(=C(\C)C(=O)Cc4cccc5c4CC(=O)N[C@H]5N)CC[C@@]3(C)O)[C@@H]2O)COCC#CC/C(C)=C/CC1. The predicted octanol–water partition coefficient (Wildman–Crippen LogP) is 5.62. The van der Waals surface area contributed by atoms with Gasteiger partial charge in [0.1, 0.15) is 12.8 Å². The second kappa shape index (κ2) is 16.8. The van der Waals surface area contributed by atoms with Crippen molar-refractivity contribution in [2.24, 2.45) is 23.0 Å². The molecule has 0 radical (unpaired) electrons. The summed E-state index contributed by atoms with van der Waals surface area (Å²) < 4.78 is 6.05. The van der Waals surface area contributed by atoms with Crippen LogP contribution >= 0.6 is 0 Å². The third kappa shape index (κ3) is 8.40. The molecular formula is C43H56N2O6. The molecule has 0 unspecified atom stereocenters. The van der Waals surface area contributed by atoms with Crippen molar-refractivity contribution >= 4 is 11.7 Å². The van der Waals surface area contributed by atoms with Crippen LogP contribution in [0.25, 0.3) is 0 Å². The topological polar surface area (TPSA) is 142 Å². The van der Waals surface area contributed by atoms with Crippen molar-refractivity contribution in [2.45, 2.75) is 109 Å². The molecule has 6 atom stereocenters. The van der Waals surface area contributed by atoms with E-state index in [1.54, 1.807) is 0 Å². The van der Waals surface area contributed by atoms with Crippen LogP contribution in [0.4, 0.5) is 0 Å². The van der Waals surface area contributed by atoms with Crippen LogP contribution in [0.5, 0.6) is 0 Å². The first-order chi connectivity index (χ1) is 24.4. The van der Waals surface area contributed by atoms with Crippen LogP contribution in [0.3, 0.4) is 0 Å². The van der Waals surface area contributed by atoms with Crippen molar-refractivity contribution in [2.75, 3.05) is 19.8 Å². The van der Waals surface area contributed by atoms with E-state index in [0.29, 0.717) is 57.1 Å². The van der Waals surface area contributed by atoms with E-state index in [1.807, 2.05) is 50.3 Å². The number of amides is 1. The van der Waals surface area contributed by atoms with E-state index in [9.17, 15) is 24.9 Å². The van der Waals surface area contributed by atoms with Crippen LogP contribution in [0.2, 0.25) is 0 Å². The molecule has 8 heteroatoms. The largest absolute Gasteiger partial charge is 0.396 e. The van der Waals surface area contributed by atoms with Gasteiger partial charge in [0.2, 0.25) is 5.91 Å². The van der Waals surface area contributed by atoms with Crippen LogP contribution in [0.1, 0.15) is 101 Å². The minimum atomic E-state index is -1.21. The number of carbonyl (C=O) groups excluding carboxylic acids is 2. The Morgan fingerprint density at radius 2 is 2.02 bits per heavy atom. The van der Waals surface area contributed by atoms with Crippen molar-refractivity contribution < 1.29 is 29.6 Å². The average Bonchev–Trinajstić information content (AvgIpc) is 3.43. The fraction of sp³-hybridized carbons (Fsp3) is 0.535. The summed E-state index contributed by atoms with van der Waals surface area (Å²) in [6.07, 6.45) is 12.6. The molecule has 4 aliphatic rings. The first-order valence-corrected chi connectivity index (χ1v) is 18.5. The Kier molecular flexibility index (Phi) is 12.8. The van der Waals surface area contributed by atoms with E-state index < -0.39 is 23.3 Å². The number of fused-ring (bicyclic) bond motifs is 1. The van der Waals surface area contributed by atoms with Gasteiger partial charge in [-0.2, -0.15) is 0 Å². The Balaban J connectivity index is 1.47. The number of ether oxygens (including phenoxy) is 1. The lowest BCUT2D eigenvalue weighted by Crippen LogP contribution is -2.59. The fourth-order valence-electron chi connectivity index (χ4n) is 9.06. The molecule has 0 bridgehead atoms. The molecule has 1 spiro atoms. The van der Waals surface area contributed by atoms with Crippen LogP contribution in [-0.4, -0.2) is 58.5 Å². The minimum absolute atomic E-state index is 0.0310. The lowest BCUT2D eigenvalue weighted by molar-refractivity contribution is -0.167. The van der Waals surface area contributed by atoms with Gasteiger partial charge in [-0.25, -0.2) is 0 Å². The third-order valence-electron chi connectivity index (χ3n) is 11.9. The maximum Gasteiger partial charge on any atom is 0.225 e. The molecule has 274 valence electrons. The van der Waals surface area contributed by atoms with Gasteiger partial charge in [-0.05, 0) is 106 Å². The summed E-state index contributed by atoms with van der Waals surface area (Å²) >= 11 is 0. The lowest BCUT2D eigenvalue weighted by atomic mass is 9.52. The third-order valence-corrected chi connectivity index (χ3v) is 11.9. The van der Waals surface area contributed by atoms with Crippen molar-refractivity contribution in [3.05, 3.63) is 93.6 Å². The van der Waals surface area contributed by atoms with E-state index in [0.717, 1.165) is 46.3 Å². The smallest absolute Gasteiger partial charge is 0.225 e. The van der Waals surface area contributed by atoms with Gasteiger partial charge < -0.3 is 31.1 Å². The second-order valence-corrected chi connectivity index (χ2v) is 15.2. The normalized spacial score (nSPS) is 34.0. The summed E-state index contributed by atoms with van der Waals surface area (Å²) in [4.78, 5) is 26.5. The van der Waals surface area contributed by atoms with E-state index >= 15 is 0 Å². The zero-order valence-corrected chi connectivity index (χ0v) is 30.6. The summed E-state index contributed by atoms with van der Waals surface area (Å²) in [5.41, 5.74) is 11.2. The number of allylic oxidation sites excluding steroid dienone is 8. The van der Waals surface area contributed by atoms with E-state index in [2.05, 4.69) is 36.7 Å². The molecule has 2 fully saturated rings. The Morgan fingerprint density at radius 3 is 2.80 bits per heavy atom. The van der Waals surface area contributed by atoms with E-state index in [4.69, 9.17) is 10.5 Å². The molecule has 51 heavy (non-hydrogen) atoms. The molecule has 8 nitrogen and oxygen atoms in total. The summed E-state index contributed by atoms with van der Waals surface area (Å²) in [7, 11) is 0. The van der Waals surface area contributed by atoms with Crippen LogP contribution in [0.15, 0.2) is 76.9 Å². The maximum absolute atomic E-state index is 14.1. The molecule has 6 N–H and O–H groups in total. The van der Waals surface area contributed by atoms with Gasteiger partial charge in [0.05, 0.1) is 24.7 Å². The number of ketones is 1. The van der Waals surface area contributed by atoms with Gasteiger partial charge in [0.25, 0.3) is 0 Å². The molecule has 2 saturated carbocycles. The summed E-state index contributed by atoms with van der Waals surface area (Å²) in [5.74, 6) is 5.49. The van der Waals surface area contributed by atoms with Gasteiger partial charge in [-0.3, -0.25) is 9.59 Å². The molecular weight excluding hydrogens is 640 g/mol. The summed E-state index contributed by atoms with van der Waals surface area (Å²) in [6, 6.07) is 5.64. The molecule has 1 amide bonds. The van der Waals surface area contributed by atoms with Gasteiger partial charge in [-0.1, -0.05) is 77.6 Å². The van der Waals surface area contributed by atoms with Crippen molar-refractivity contribution in [3.8, 4) is 11.8 Å². The standard InChI is InChI=1S/C43H56N2O6/c1-28-11-5-6-24-51-27-32(16-8-14-29(2)13-7-12-28)34-20-22-43(40(34)49)37(18-10-23-46)33(19-21-42(43,4)50)30(3)38(47)25-31-15-9-17-35-36(31)26-39(48)45-41(35)44/h8-9,12,14-17,34,37,40-41,46,49-50H,2,7,10-11,13,18-27,44H2,1,3-4H3,(H,45,48)/b14-8+,28-12+,32-16-,33-30+/t34-,37-,40-,41-,42-,43-/m1/s1. The number of aliphatic hydroxyl groups excluding tert-OH is 2. The Morgan fingerprint density at radius 1 is 1.22 bits per heavy atom. The average molecular weight is 697 g/mol. The number of nitrogens with one attached hydrogen (secondary N) is 1. The van der Waals surface area contributed by atoms with Gasteiger partial charge in [0, 0.05) is 30.8 Å². The highest BCUT2D eigenvalue weighted by molar-refractivity contribution is 5.97. The lowest BCUT2D eigenvalue weighted by Gasteiger charge is -2.55. The number of carbonyl (C=O) groups is 2. The summed E-state index contributed by atoms with van der Waals surface area (Å²) in [6.45, 7) is 10.5. The Hall–Kier alpha value is -3.58. The zero-order chi connectivity index (χ0) is 36.8. The highest BCUT2D eigenvalue weighted by atomic mass is 16.5. The van der Waals surface area contributed by atoms with Gasteiger partial charge >= 0.3 is 0 Å². The fourth-order valence-corrected chi connectivity index (χ4v) is 9.06. The molecule has 5 rings (SSSR count). The number of rotatable bonds is 7. The number of Topliss-reactive ketones (excluding diaryl/α,β-unsaturated/α-hetero) is 1. The van der Waals surface area contributed by atoms with Crippen molar-refractivity contribution in [1.29, 1.82) is 0 Å². The monoisotopic (exact) mass is 696 g/mol. The van der Waals surface area contributed by atoms with Gasteiger partial charge in [-0.15, -0.1) is 0 Å². The van der Waals surface area contributed by atoms with E-state index in [1.165, 1.54) is 5.57 Å². The Bertz CT molecular complexity index is 1690. The molecule has 1 aromatic carbocycles. The van der Waals surface area contributed by atoms with Crippen LogP contribution < -0.4 is 11.1 Å². The number of nitrogens with two attached hydrogens (primary N) is 1. The molecule has 0 aromatic heterocycles. The van der Waals surface area contributed by atoms with E-state index in [-0.39, 0.29) is 49.6 Å². The minimum Gasteiger partial charge on any atom is -0.396 e. The maximum atomic E-state index is 14.1. The number of hydrogen-bond donors (Lipinski definition) is 5. The molecule has 0 saturated heterocycles. The summed E-state index contributed by atoms with van der Waals surface area (Å²) in [5, 5.41) is 37.5. The molecule has 1 aromatic rings. The highest BCUT2D eigenvalue weighted by Gasteiger charge is 2.64. The van der Waals surface area contributed by atoms with Crippen molar-refractivity contribution in [3.63, 3.8) is 0 Å². The number of aliphatic hydroxyl groups is 3. The highest BCUT2D eigenvalue weighted by Crippen LogP contribution is 2.63. The molecule has 2 aliphatic heterocycles. The number of benzene rings is 1. The predicted molar refractivity (Wildman–Crippen MR) is 200 cm³/mol. The quantitative estimate of drug-likeness (QED) is 0.142. The zero-order valence-electron chi connectivity index (χ0n) is 30.6. The molecule has 2 heterocycles. The first-order valence-electron chi connectivity index (χ1n) is 18.5. The van der Waals surface area contributed by atoms with Crippen LogP contribution in [0, 0.1) is 29.1 Å².